The first kappa shape index (κ1) is 24.2. The third kappa shape index (κ3) is 2.01. The van der Waals surface area contributed by atoms with Crippen LogP contribution in [0.15, 0.2) is 66.8 Å². The molecule has 0 aliphatic heterocycles. The van der Waals surface area contributed by atoms with Crippen LogP contribution >= 0.6 is 0 Å². The molecule has 0 N–H and O–H groups in total. The standard InChI is InChI=1S/C46H30O2/c1-48-30(47)13-7-15-45(29-11-3-2-4-12-29)44-14-6-10-24-18-27-19-25-16-22-8-5-9-23-17-26-20-28(21-44)36-35(26)38-32(23)31(22)37-33(25)34(27)40-41(39(37)38)43(36)46(44,45)42(24)40/h2-6,9-12,16-18,21H,7-8,13-15,19-20H2,1H3. The third-order valence-electron chi connectivity index (χ3n) is 14.7. The quantitative estimate of drug-likeness (QED) is 0.142. The number of carbonyl (C=O) groups is 1. The second kappa shape index (κ2) is 7.08. The van der Waals surface area contributed by atoms with Crippen molar-refractivity contribution in [3.05, 3.63) is 122 Å². The lowest BCUT2D eigenvalue weighted by Crippen LogP contribution is -2.25. The molecule has 1 fully saturated rings. The maximum atomic E-state index is 12.7. The summed E-state index contributed by atoms with van der Waals surface area (Å²) in [5, 5.41) is 12.5. The summed E-state index contributed by atoms with van der Waals surface area (Å²) in [5.41, 5.74) is 19.4. The molecule has 14 rings (SSSR count). The van der Waals surface area contributed by atoms with E-state index >= 15 is 0 Å². The minimum absolute atomic E-state index is 0.0949. The largest absolute Gasteiger partial charge is 0.469 e. The summed E-state index contributed by atoms with van der Waals surface area (Å²) in [4.78, 5) is 12.7. The van der Waals surface area contributed by atoms with E-state index in [4.69, 9.17) is 4.74 Å². The van der Waals surface area contributed by atoms with Gasteiger partial charge in [-0.2, -0.15) is 0 Å². The van der Waals surface area contributed by atoms with Gasteiger partial charge in [0.15, 0.2) is 0 Å². The van der Waals surface area contributed by atoms with Gasteiger partial charge in [-0.3, -0.25) is 4.79 Å². The number of allylic oxidation sites excluding steroid dienone is 4. The van der Waals surface area contributed by atoms with Crippen LogP contribution in [0.5, 0.6) is 0 Å². The van der Waals surface area contributed by atoms with Crippen LogP contribution in [0.25, 0.3) is 71.9 Å². The summed E-state index contributed by atoms with van der Waals surface area (Å²) in [6, 6.07) is 19.2. The van der Waals surface area contributed by atoms with Crippen LogP contribution in [-0.4, -0.2) is 13.1 Å². The van der Waals surface area contributed by atoms with Gasteiger partial charge >= 0.3 is 5.97 Å². The van der Waals surface area contributed by atoms with Crippen LogP contribution in [-0.2, 0) is 39.6 Å². The Morgan fingerprint density at radius 3 is 2.40 bits per heavy atom. The Bertz CT molecular complexity index is 2860. The molecule has 0 amide bonds. The lowest BCUT2D eigenvalue weighted by molar-refractivity contribution is -0.140. The monoisotopic (exact) mass is 614 g/mol. The van der Waals surface area contributed by atoms with Crippen molar-refractivity contribution in [1.29, 1.82) is 0 Å². The van der Waals surface area contributed by atoms with Gasteiger partial charge in [0.25, 0.3) is 0 Å². The van der Waals surface area contributed by atoms with Gasteiger partial charge in [0.2, 0.25) is 0 Å². The van der Waals surface area contributed by atoms with Gasteiger partial charge in [-0.15, -0.1) is 0 Å². The molecular weight excluding hydrogens is 585 g/mol. The van der Waals surface area contributed by atoms with Gasteiger partial charge in [0, 0.05) is 22.7 Å². The van der Waals surface area contributed by atoms with Gasteiger partial charge in [0.05, 0.1) is 7.11 Å². The van der Waals surface area contributed by atoms with Crippen molar-refractivity contribution >= 4 is 66.8 Å². The van der Waals surface area contributed by atoms with Crippen LogP contribution in [0, 0.1) is 5.41 Å². The Morgan fingerprint density at radius 2 is 1.50 bits per heavy atom. The fraction of sp³-hybridized carbons (Fsp3) is 0.239. The fourth-order valence-electron chi connectivity index (χ4n) is 13.7. The Morgan fingerprint density at radius 1 is 0.729 bits per heavy atom. The molecule has 0 saturated heterocycles. The van der Waals surface area contributed by atoms with Crippen molar-refractivity contribution in [2.24, 2.45) is 5.41 Å². The van der Waals surface area contributed by atoms with Crippen LogP contribution in [0.3, 0.4) is 0 Å². The summed E-state index contributed by atoms with van der Waals surface area (Å²) in [6.07, 6.45) is 19.0. The number of hydrogen-bond donors (Lipinski definition) is 0. The maximum absolute atomic E-state index is 12.7. The second-order valence-corrected chi connectivity index (χ2v) is 16.0. The Balaban J connectivity index is 1.26. The van der Waals surface area contributed by atoms with Gasteiger partial charge in [-0.05, 0) is 154 Å². The SMILES string of the molecule is COC(=O)CCCC1(c2ccccc2)C23C=C4Cc5cc6c7c8c5c4c4c5c9c(c(cc%10c9c9c(cc(c-7c9c85)CC=C6)C%10)C=CC2)C431. The summed E-state index contributed by atoms with van der Waals surface area (Å²) in [5.74, 6) is -0.101. The second-order valence-electron chi connectivity index (χ2n) is 16.0. The van der Waals surface area contributed by atoms with E-state index < -0.39 is 0 Å². The maximum Gasteiger partial charge on any atom is 0.305 e. The van der Waals surface area contributed by atoms with E-state index in [1.54, 1.807) is 65.4 Å². The average molecular weight is 615 g/mol. The average Bonchev–Trinajstić information content (AvgIpc) is 3.50. The first-order valence-electron chi connectivity index (χ1n) is 17.9. The van der Waals surface area contributed by atoms with Crippen molar-refractivity contribution in [2.75, 3.05) is 7.11 Å². The molecule has 48 heavy (non-hydrogen) atoms. The van der Waals surface area contributed by atoms with E-state index in [9.17, 15) is 4.79 Å². The number of methoxy groups -OCH3 is 1. The molecule has 2 heteroatoms. The summed E-state index contributed by atoms with van der Waals surface area (Å²) in [6.45, 7) is 0. The topological polar surface area (TPSA) is 26.3 Å². The van der Waals surface area contributed by atoms with Crippen LogP contribution in [0.1, 0.15) is 81.3 Å². The van der Waals surface area contributed by atoms with Gasteiger partial charge < -0.3 is 4.74 Å². The van der Waals surface area contributed by atoms with Crippen molar-refractivity contribution in [3.8, 4) is 11.1 Å². The van der Waals surface area contributed by atoms with Crippen molar-refractivity contribution in [2.45, 2.75) is 55.8 Å². The van der Waals surface area contributed by atoms with Crippen LogP contribution in [0.4, 0.5) is 0 Å². The Kier molecular flexibility index (Phi) is 3.57. The molecule has 6 aromatic rings. The Hall–Kier alpha value is -4.95. The van der Waals surface area contributed by atoms with E-state index in [0.717, 1.165) is 38.5 Å². The molecule has 3 unspecified atom stereocenters. The predicted octanol–water partition coefficient (Wildman–Crippen LogP) is 10.0. The minimum atomic E-state index is -0.173. The highest BCUT2D eigenvalue weighted by atomic mass is 16.5. The lowest BCUT2D eigenvalue weighted by Gasteiger charge is -2.29. The first-order chi connectivity index (χ1) is 23.6. The number of hydrogen-bond acceptors (Lipinski definition) is 2. The van der Waals surface area contributed by atoms with Crippen molar-refractivity contribution in [1.82, 2.24) is 0 Å². The number of carbonyl (C=O) groups excluding carboxylic acids is 1. The molecule has 6 aromatic carbocycles. The summed E-state index contributed by atoms with van der Waals surface area (Å²) in [7, 11) is 1.53. The molecule has 3 atom stereocenters. The highest BCUT2D eigenvalue weighted by Crippen LogP contribution is 2.91. The molecule has 0 radical (unpaired) electrons. The molecule has 1 spiro atoms. The summed E-state index contributed by atoms with van der Waals surface area (Å²) >= 11 is 0. The third-order valence-corrected chi connectivity index (χ3v) is 14.7. The predicted molar refractivity (Wildman–Crippen MR) is 194 cm³/mol. The first-order valence-corrected chi connectivity index (χ1v) is 17.9. The summed E-state index contributed by atoms with van der Waals surface area (Å²) < 4.78 is 5.20. The van der Waals surface area contributed by atoms with E-state index in [2.05, 4.69) is 78.9 Å². The minimum Gasteiger partial charge on any atom is -0.469 e. The molecular formula is C46H30O2. The molecule has 0 bridgehead atoms. The van der Waals surface area contributed by atoms with Gasteiger partial charge in [-0.1, -0.05) is 78.9 Å². The molecule has 2 nitrogen and oxygen atoms in total. The zero-order valence-corrected chi connectivity index (χ0v) is 26.8. The molecule has 8 aliphatic carbocycles. The van der Waals surface area contributed by atoms with Crippen molar-refractivity contribution in [3.63, 3.8) is 0 Å². The van der Waals surface area contributed by atoms with Gasteiger partial charge in [0.1, 0.15) is 0 Å². The molecule has 1 saturated carbocycles. The molecule has 0 heterocycles. The van der Waals surface area contributed by atoms with Crippen LogP contribution < -0.4 is 0 Å². The number of rotatable bonds is 5. The zero-order valence-electron chi connectivity index (χ0n) is 26.8. The number of esters is 1. The highest BCUT2D eigenvalue weighted by molar-refractivity contribution is 6.46. The Labute approximate surface area is 277 Å². The fourth-order valence-corrected chi connectivity index (χ4v) is 13.7. The van der Waals surface area contributed by atoms with Crippen LogP contribution in [0.2, 0.25) is 0 Å². The van der Waals surface area contributed by atoms with E-state index in [-0.39, 0.29) is 22.2 Å². The highest BCUT2D eigenvalue weighted by Gasteiger charge is 2.89. The van der Waals surface area contributed by atoms with Crippen molar-refractivity contribution < 1.29 is 9.53 Å². The smallest absolute Gasteiger partial charge is 0.305 e. The number of ether oxygens (including phenoxy) is 1. The molecule has 8 aliphatic rings. The zero-order chi connectivity index (χ0) is 31.1. The van der Waals surface area contributed by atoms with E-state index in [1.807, 2.05) is 0 Å². The molecule has 0 aromatic heterocycles. The number of benzene rings is 6. The lowest BCUT2D eigenvalue weighted by atomic mass is 9.72. The van der Waals surface area contributed by atoms with E-state index in [1.165, 1.54) is 57.2 Å². The normalized spacial score (nSPS) is 26.6. The van der Waals surface area contributed by atoms with E-state index in [0.29, 0.717) is 6.42 Å². The molecule has 226 valence electrons. The van der Waals surface area contributed by atoms with Gasteiger partial charge in [-0.25, -0.2) is 0 Å².